The summed E-state index contributed by atoms with van der Waals surface area (Å²) < 4.78 is 12.7. The van der Waals surface area contributed by atoms with Gasteiger partial charge in [-0.25, -0.2) is 4.39 Å². The highest BCUT2D eigenvalue weighted by Crippen LogP contribution is 2.23. The molecule has 0 unspecified atom stereocenters. The van der Waals surface area contributed by atoms with Crippen molar-refractivity contribution in [3.8, 4) is 5.75 Å². The zero-order valence-electron chi connectivity index (χ0n) is 7.67. The molecule has 3 N–H and O–H groups in total. The normalized spacial score (nSPS) is 9.86. The molecule has 0 heterocycles. The van der Waals surface area contributed by atoms with Crippen LogP contribution in [0.15, 0.2) is 18.2 Å². The molecule has 0 aliphatic heterocycles. The molecule has 76 valence electrons. The van der Waals surface area contributed by atoms with Gasteiger partial charge in [-0.05, 0) is 19.2 Å². The maximum atomic E-state index is 12.7. The minimum atomic E-state index is -0.512. The summed E-state index contributed by atoms with van der Waals surface area (Å²) in [5.41, 5.74) is 0.0743. The fraction of sp³-hybridized carbons (Fsp3) is 0.222. The number of phenolic OH excluding ortho intramolecular Hbond substituents is 1. The molecule has 0 spiro atoms. The van der Waals surface area contributed by atoms with E-state index in [4.69, 9.17) is 0 Å². The quantitative estimate of drug-likeness (QED) is 0.626. The second-order valence-corrected chi connectivity index (χ2v) is 2.74. The molecule has 0 aliphatic carbocycles. The van der Waals surface area contributed by atoms with E-state index in [1.165, 1.54) is 6.07 Å². The van der Waals surface area contributed by atoms with E-state index in [0.29, 0.717) is 0 Å². The summed E-state index contributed by atoms with van der Waals surface area (Å²) in [5, 5.41) is 14.2. The van der Waals surface area contributed by atoms with E-state index in [1.807, 2.05) is 0 Å². The van der Waals surface area contributed by atoms with Crippen LogP contribution >= 0.6 is 0 Å². The van der Waals surface area contributed by atoms with Gasteiger partial charge in [0.1, 0.15) is 11.6 Å². The van der Waals surface area contributed by atoms with Crippen LogP contribution in [0.3, 0.4) is 0 Å². The molecule has 0 radical (unpaired) electrons. The Kier molecular flexibility index (Phi) is 3.41. The lowest BCUT2D eigenvalue weighted by Gasteiger charge is -2.06. The number of carbonyl (C=O) groups is 1. The van der Waals surface area contributed by atoms with Crippen molar-refractivity contribution in [3.05, 3.63) is 24.0 Å². The second kappa shape index (κ2) is 4.57. The fourth-order valence-electron chi connectivity index (χ4n) is 0.963. The van der Waals surface area contributed by atoms with Gasteiger partial charge in [-0.3, -0.25) is 4.79 Å². The Morgan fingerprint density at radius 3 is 2.93 bits per heavy atom. The van der Waals surface area contributed by atoms with Crippen LogP contribution in [0, 0.1) is 5.82 Å². The van der Waals surface area contributed by atoms with Crippen LogP contribution in [-0.2, 0) is 4.79 Å². The molecule has 0 saturated carbocycles. The summed E-state index contributed by atoms with van der Waals surface area (Å²) in [7, 11) is 1.62. The number of nitrogens with one attached hydrogen (secondary N) is 2. The molecule has 1 aromatic carbocycles. The van der Waals surface area contributed by atoms with Crippen molar-refractivity contribution in [3.63, 3.8) is 0 Å². The molecule has 0 saturated heterocycles. The number of amides is 1. The molecule has 0 atom stereocenters. The summed E-state index contributed by atoms with van der Waals surface area (Å²) in [6, 6.07) is 3.36. The van der Waals surface area contributed by atoms with Gasteiger partial charge in [0.05, 0.1) is 12.2 Å². The molecular formula is C9H11FN2O2. The van der Waals surface area contributed by atoms with Gasteiger partial charge in [-0.2, -0.15) is 0 Å². The number of carbonyl (C=O) groups excluding carboxylic acids is 1. The number of hydrogen-bond donors (Lipinski definition) is 3. The van der Waals surface area contributed by atoms with Crippen LogP contribution in [-0.4, -0.2) is 24.6 Å². The third-order valence-corrected chi connectivity index (χ3v) is 1.57. The maximum absolute atomic E-state index is 12.7. The van der Waals surface area contributed by atoms with Crippen molar-refractivity contribution >= 4 is 11.6 Å². The van der Waals surface area contributed by atoms with Gasteiger partial charge < -0.3 is 15.7 Å². The minimum absolute atomic E-state index is 0.0743. The first-order valence-corrected chi connectivity index (χ1v) is 4.06. The van der Waals surface area contributed by atoms with Crippen molar-refractivity contribution in [1.29, 1.82) is 0 Å². The van der Waals surface area contributed by atoms with Gasteiger partial charge in [0.25, 0.3) is 0 Å². The SMILES string of the molecule is CNCC(=O)Nc1cc(F)ccc1O. The van der Waals surface area contributed by atoms with E-state index in [-0.39, 0.29) is 23.9 Å². The highest BCUT2D eigenvalue weighted by molar-refractivity contribution is 5.93. The van der Waals surface area contributed by atoms with Crippen LogP contribution in [0.2, 0.25) is 0 Å². The average Bonchev–Trinajstić information content (AvgIpc) is 2.12. The number of hydrogen-bond acceptors (Lipinski definition) is 3. The summed E-state index contributed by atoms with van der Waals surface area (Å²) in [4.78, 5) is 11.1. The van der Waals surface area contributed by atoms with Crippen LogP contribution in [0.4, 0.5) is 10.1 Å². The van der Waals surface area contributed by atoms with Crippen LogP contribution < -0.4 is 10.6 Å². The molecular weight excluding hydrogens is 187 g/mol. The van der Waals surface area contributed by atoms with Crippen LogP contribution in [0.1, 0.15) is 0 Å². The Bertz CT molecular complexity index is 342. The summed E-state index contributed by atoms with van der Waals surface area (Å²) in [6.07, 6.45) is 0. The molecule has 1 rings (SSSR count). The van der Waals surface area contributed by atoms with E-state index in [1.54, 1.807) is 7.05 Å². The van der Waals surface area contributed by atoms with E-state index in [9.17, 15) is 14.3 Å². The third-order valence-electron chi connectivity index (χ3n) is 1.57. The third kappa shape index (κ3) is 2.70. The predicted molar refractivity (Wildman–Crippen MR) is 50.6 cm³/mol. The first-order chi connectivity index (χ1) is 6.63. The summed E-state index contributed by atoms with van der Waals surface area (Å²) >= 11 is 0. The Morgan fingerprint density at radius 2 is 2.29 bits per heavy atom. The number of anilines is 1. The second-order valence-electron chi connectivity index (χ2n) is 2.74. The Hall–Kier alpha value is -1.62. The van der Waals surface area contributed by atoms with E-state index < -0.39 is 5.82 Å². The lowest BCUT2D eigenvalue weighted by atomic mass is 10.3. The zero-order valence-corrected chi connectivity index (χ0v) is 7.67. The predicted octanol–water partition coefficient (Wildman–Crippen LogP) is 0.689. The van der Waals surface area contributed by atoms with Crippen molar-refractivity contribution in [1.82, 2.24) is 5.32 Å². The Morgan fingerprint density at radius 1 is 1.57 bits per heavy atom. The zero-order chi connectivity index (χ0) is 10.6. The average molecular weight is 198 g/mol. The number of likely N-dealkylation sites (N-methyl/N-ethyl adjacent to an activating group) is 1. The van der Waals surface area contributed by atoms with Crippen molar-refractivity contribution in [2.24, 2.45) is 0 Å². The highest BCUT2D eigenvalue weighted by atomic mass is 19.1. The molecule has 4 nitrogen and oxygen atoms in total. The molecule has 14 heavy (non-hydrogen) atoms. The molecule has 5 heteroatoms. The van der Waals surface area contributed by atoms with Crippen molar-refractivity contribution in [2.45, 2.75) is 0 Å². The van der Waals surface area contributed by atoms with E-state index >= 15 is 0 Å². The van der Waals surface area contributed by atoms with Crippen molar-refractivity contribution < 1.29 is 14.3 Å². The molecule has 0 bridgehead atoms. The molecule has 0 fully saturated rings. The Balaban J connectivity index is 2.75. The molecule has 0 aliphatic rings. The van der Waals surface area contributed by atoms with Gasteiger partial charge in [0, 0.05) is 6.07 Å². The highest BCUT2D eigenvalue weighted by Gasteiger charge is 2.06. The molecule has 0 aromatic heterocycles. The topological polar surface area (TPSA) is 61.4 Å². The number of rotatable bonds is 3. The number of halogens is 1. The lowest BCUT2D eigenvalue weighted by Crippen LogP contribution is -2.25. The Labute approximate surface area is 80.7 Å². The maximum Gasteiger partial charge on any atom is 0.238 e. The van der Waals surface area contributed by atoms with Gasteiger partial charge in [0.2, 0.25) is 5.91 Å². The standard InChI is InChI=1S/C9H11FN2O2/c1-11-5-9(14)12-7-4-6(10)2-3-8(7)13/h2-4,11,13H,5H2,1H3,(H,12,14). The number of aromatic hydroxyl groups is 1. The number of phenols is 1. The first kappa shape index (κ1) is 10.5. The molecule has 1 aromatic rings. The van der Waals surface area contributed by atoms with Gasteiger partial charge in [-0.15, -0.1) is 0 Å². The van der Waals surface area contributed by atoms with Gasteiger partial charge in [0.15, 0.2) is 0 Å². The number of benzene rings is 1. The van der Waals surface area contributed by atoms with Gasteiger partial charge in [-0.1, -0.05) is 0 Å². The van der Waals surface area contributed by atoms with E-state index in [2.05, 4.69) is 10.6 Å². The summed E-state index contributed by atoms with van der Waals surface area (Å²) in [5.74, 6) is -1.01. The van der Waals surface area contributed by atoms with Gasteiger partial charge >= 0.3 is 0 Å². The van der Waals surface area contributed by atoms with E-state index in [0.717, 1.165) is 12.1 Å². The van der Waals surface area contributed by atoms with Crippen LogP contribution in [0.5, 0.6) is 5.75 Å². The van der Waals surface area contributed by atoms with Crippen molar-refractivity contribution in [2.75, 3.05) is 18.9 Å². The monoisotopic (exact) mass is 198 g/mol. The largest absolute Gasteiger partial charge is 0.506 e. The minimum Gasteiger partial charge on any atom is -0.506 e. The first-order valence-electron chi connectivity index (χ1n) is 4.06. The molecule has 1 amide bonds. The smallest absolute Gasteiger partial charge is 0.238 e. The lowest BCUT2D eigenvalue weighted by molar-refractivity contribution is -0.115. The van der Waals surface area contributed by atoms with Crippen LogP contribution in [0.25, 0.3) is 0 Å². The fourth-order valence-corrected chi connectivity index (χ4v) is 0.963. The summed E-state index contributed by atoms with van der Waals surface area (Å²) in [6.45, 7) is 0.107.